The second-order valence-electron chi connectivity index (χ2n) is 7.47. The zero-order chi connectivity index (χ0) is 20.1. The van der Waals surface area contributed by atoms with Crippen molar-refractivity contribution in [3.63, 3.8) is 0 Å². The van der Waals surface area contributed by atoms with Gasteiger partial charge in [-0.25, -0.2) is 0 Å². The van der Waals surface area contributed by atoms with E-state index in [0.717, 1.165) is 61.2 Å². The number of thiophene rings is 1. The normalized spacial score (nSPS) is 14.2. The van der Waals surface area contributed by atoms with E-state index in [9.17, 15) is 9.59 Å². The summed E-state index contributed by atoms with van der Waals surface area (Å²) in [6.45, 7) is 8.17. The number of carbonyl (C=O) groups is 1. The molecule has 1 aliphatic heterocycles. The minimum Gasteiger partial charge on any atom is -0.348 e. The summed E-state index contributed by atoms with van der Waals surface area (Å²) in [4.78, 5) is 28.8. The van der Waals surface area contributed by atoms with Crippen LogP contribution >= 0.6 is 11.3 Å². The Balaban J connectivity index is 1.60. The predicted octanol–water partition coefficient (Wildman–Crippen LogP) is 3.53. The molecule has 0 unspecified atom stereocenters. The van der Waals surface area contributed by atoms with Gasteiger partial charge in [0.2, 0.25) is 0 Å². The molecule has 28 heavy (non-hydrogen) atoms. The van der Waals surface area contributed by atoms with E-state index >= 15 is 0 Å². The first-order valence-electron chi connectivity index (χ1n) is 9.89. The standard InChI is InChI=1S/C22H29N3O2S/c1-14-11-15(2)25-22(27)18(14)12-24-21(26)19-13-28-20(16(19)3)6-4-5-17-7-9-23-10-8-17/h5,11,13,23H,4,6-10,12H2,1-3H3,(H,24,26)(H,25,27). The molecule has 0 saturated carbocycles. The molecule has 1 fully saturated rings. The molecule has 150 valence electrons. The molecule has 2 aromatic heterocycles. The molecule has 1 saturated heterocycles. The smallest absolute Gasteiger partial charge is 0.253 e. The summed E-state index contributed by atoms with van der Waals surface area (Å²) in [5.41, 5.74) is 5.53. The van der Waals surface area contributed by atoms with Crippen LogP contribution in [-0.4, -0.2) is 24.0 Å². The van der Waals surface area contributed by atoms with E-state index in [0.29, 0.717) is 5.56 Å². The quantitative estimate of drug-likeness (QED) is 0.651. The summed E-state index contributed by atoms with van der Waals surface area (Å²) in [6.07, 6.45) is 6.66. The van der Waals surface area contributed by atoms with E-state index in [4.69, 9.17) is 0 Å². The van der Waals surface area contributed by atoms with Crippen LogP contribution in [0.2, 0.25) is 0 Å². The van der Waals surface area contributed by atoms with Gasteiger partial charge in [0, 0.05) is 28.1 Å². The molecule has 3 heterocycles. The molecule has 3 N–H and O–H groups in total. The van der Waals surface area contributed by atoms with Gasteiger partial charge in [-0.3, -0.25) is 9.59 Å². The number of aromatic amines is 1. The molecule has 1 aliphatic rings. The van der Waals surface area contributed by atoms with Crippen molar-refractivity contribution in [3.05, 3.63) is 66.3 Å². The Kier molecular flexibility index (Phi) is 6.86. The first kappa shape index (κ1) is 20.6. The second kappa shape index (κ2) is 9.34. The predicted molar refractivity (Wildman–Crippen MR) is 115 cm³/mol. The van der Waals surface area contributed by atoms with Gasteiger partial charge in [0.15, 0.2) is 0 Å². The van der Waals surface area contributed by atoms with Crippen LogP contribution in [0.4, 0.5) is 0 Å². The Morgan fingerprint density at radius 2 is 2.00 bits per heavy atom. The monoisotopic (exact) mass is 399 g/mol. The van der Waals surface area contributed by atoms with Gasteiger partial charge in [0.25, 0.3) is 11.5 Å². The average molecular weight is 400 g/mol. The lowest BCUT2D eigenvalue weighted by atomic mass is 10.0. The van der Waals surface area contributed by atoms with Crippen LogP contribution in [-0.2, 0) is 13.0 Å². The van der Waals surface area contributed by atoms with E-state index < -0.39 is 0 Å². The molecule has 0 spiro atoms. The highest BCUT2D eigenvalue weighted by atomic mass is 32.1. The van der Waals surface area contributed by atoms with Crippen molar-refractivity contribution < 1.29 is 4.79 Å². The Bertz CT molecular complexity index is 932. The lowest BCUT2D eigenvalue weighted by molar-refractivity contribution is 0.0950. The van der Waals surface area contributed by atoms with Gasteiger partial charge in [-0.1, -0.05) is 11.6 Å². The summed E-state index contributed by atoms with van der Waals surface area (Å²) >= 11 is 1.65. The van der Waals surface area contributed by atoms with Gasteiger partial charge in [-0.2, -0.15) is 0 Å². The van der Waals surface area contributed by atoms with Crippen LogP contribution in [0.1, 0.15) is 56.9 Å². The molecular formula is C22H29N3O2S. The SMILES string of the molecule is Cc1cc(C)c(CNC(=O)c2csc(CCC=C3CCNCC3)c2C)c(=O)[nH]1. The summed E-state index contributed by atoms with van der Waals surface area (Å²) in [7, 11) is 0. The molecule has 5 nitrogen and oxygen atoms in total. The molecule has 0 aromatic carbocycles. The number of aromatic nitrogens is 1. The number of hydrogen-bond donors (Lipinski definition) is 3. The Labute approximate surface area is 170 Å². The third-order valence-corrected chi connectivity index (χ3v) is 6.50. The molecular weight excluding hydrogens is 370 g/mol. The maximum Gasteiger partial charge on any atom is 0.253 e. The number of aryl methyl sites for hydroxylation is 3. The van der Waals surface area contributed by atoms with Gasteiger partial charge in [-0.15, -0.1) is 11.3 Å². The van der Waals surface area contributed by atoms with Crippen LogP contribution in [0.5, 0.6) is 0 Å². The van der Waals surface area contributed by atoms with Crippen molar-refractivity contribution >= 4 is 17.2 Å². The molecule has 0 radical (unpaired) electrons. The molecule has 0 bridgehead atoms. The fourth-order valence-corrected chi connectivity index (χ4v) is 4.72. The summed E-state index contributed by atoms with van der Waals surface area (Å²) in [5.74, 6) is -0.115. The van der Waals surface area contributed by atoms with Gasteiger partial charge >= 0.3 is 0 Å². The van der Waals surface area contributed by atoms with E-state index in [1.165, 1.54) is 4.88 Å². The maximum absolute atomic E-state index is 12.6. The highest BCUT2D eigenvalue weighted by Crippen LogP contribution is 2.24. The summed E-state index contributed by atoms with van der Waals surface area (Å²) in [5, 5.41) is 8.22. The lowest BCUT2D eigenvalue weighted by Crippen LogP contribution is -2.28. The van der Waals surface area contributed by atoms with Crippen LogP contribution in [0, 0.1) is 20.8 Å². The minimum atomic E-state index is -0.133. The highest BCUT2D eigenvalue weighted by molar-refractivity contribution is 7.10. The zero-order valence-corrected chi connectivity index (χ0v) is 17.7. The zero-order valence-electron chi connectivity index (χ0n) is 16.9. The van der Waals surface area contributed by atoms with E-state index in [1.807, 2.05) is 32.2 Å². The third kappa shape index (κ3) is 5.00. The van der Waals surface area contributed by atoms with Crippen molar-refractivity contribution in [1.82, 2.24) is 15.6 Å². The van der Waals surface area contributed by atoms with Gasteiger partial charge in [-0.05, 0) is 76.7 Å². The van der Waals surface area contributed by atoms with Gasteiger partial charge < -0.3 is 15.6 Å². The number of amides is 1. The number of carbonyl (C=O) groups excluding carboxylic acids is 1. The van der Waals surface area contributed by atoms with E-state index in [-0.39, 0.29) is 18.0 Å². The summed E-state index contributed by atoms with van der Waals surface area (Å²) < 4.78 is 0. The second-order valence-corrected chi connectivity index (χ2v) is 8.44. The first-order valence-corrected chi connectivity index (χ1v) is 10.8. The Morgan fingerprint density at radius 1 is 1.25 bits per heavy atom. The van der Waals surface area contributed by atoms with Crippen LogP contribution in [0.15, 0.2) is 27.9 Å². The van der Waals surface area contributed by atoms with Crippen molar-refractivity contribution in [3.8, 4) is 0 Å². The number of allylic oxidation sites excluding steroid dienone is 1. The molecule has 0 atom stereocenters. The minimum absolute atomic E-state index is 0.115. The van der Waals surface area contributed by atoms with Gasteiger partial charge in [0.1, 0.15) is 0 Å². The van der Waals surface area contributed by atoms with Crippen LogP contribution < -0.4 is 16.2 Å². The number of pyridine rings is 1. The fourth-order valence-electron chi connectivity index (χ4n) is 3.65. The lowest BCUT2D eigenvalue weighted by Gasteiger charge is -2.15. The molecule has 0 aliphatic carbocycles. The van der Waals surface area contributed by atoms with Crippen LogP contribution in [0.25, 0.3) is 0 Å². The van der Waals surface area contributed by atoms with Crippen molar-refractivity contribution in [2.75, 3.05) is 13.1 Å². The summed E-state index contributed by atoms with van der Waals surface area (Å²) in [6, 6.07) is 1.92. The fraction of sp³-hybridized carbons (Fsp3) is 0.455. The Hall–Kier alpha value is -2.18. The number of piperidine rings is 1. The number of nitrogens with one attached hydrogen (secondary N) is 3. The largest absolute Gasteiger partial charge is 0.348 e. The van der Waals surface area contributed by atoms with Gasteiger partial charge in [0.05, 0.1) is 5.56 Å². The third-order valence-electron chi connectivity index (χ3n) is 5.36. The first-order chi connectivity index (χ1) is 13.5. The number of hydrogen-bond acceptors (Lipinski definition) is 4. The van der Waals surface area contributed by atoms with Crippen molar-refractivity contribution in [2.24, 2.45) is 0 Å². The highest BCUT2D eigenvalue weighted by Gasteiger charge is 2.15. The molecule has 6 heteroatoms. The maximum atomic E-state index is 12.6. The van der Waals surface area contributed by atoms with E-state index in [1.54, 1.807) is 16.9 Å². The Morgan fingerprint density at radius 3 is 2.71 bits per heavy atom. The number of rotatable bonds is 6. The topological polar surface area (TPSA) is 74.0 Å². The van der Waals surface area contributed by atoms with Crippen LogP contribution in [0.3, 0.4) is 0 Å². The molecule has 3 rings (SSSR count). The van der Waals surface area contributed by atoms with Crippen molar-refractivity contribution in [1.29, 1.82) is 0 Å². The number of H-pyrrole nitrogens is 1. The van der Waals surface area contributed by atoms with E-state index in [2.05, 4.69) is 21.7 Å². The average Bonchev–Trinajstić information content (AvgIpc) is 3.02. The van der Waals surface area contributed by atoms with Crippen molar-refractivity contribution in [2.45, 2.75) is 53.0 Å². The molecule has 2 aromatic rings. The molecule has 1 amide bonds.